The first-order valence-corrected chi connectivity index (χ1v) is 7.43. The third kappa shape index (κ3) is 4.60. The van der Waals surface area contributed by atoms with Crippen molar-refractivity contribution in [2.75, 3.05) is 6.54 Å². The van der Waals surface area contributed by atoms with E-state index in [2.05, 4.69) is 10.6 Å². The smallest absolute Gasteiger partial charge is 0.234 e. The van der Waals surface area contributed by atoms with Gasteiger partial charge in [-0.05, 0) is 37.5 Å². The molecular formula is C16H23FN2O. The van der Waals surface area contributed by atoms with Crippen LogP contribution < -0.4 is 10.6 Å². The summed E-state index contributed by atoms with van der Waals surface area (Å²) in [4.78, 5) is 11.9. The second-order valence-electron chi connectivity index (χ2n) is 5.56. The Bertz CT molecular complexity index is 427. The van der Waals surface area contributed by atoms with Crippen LogP contribution in [0.5, 0.6) is 0 Å². The minimum Gasteiger partial charge on any atom is -0.352 e. The fourth-order valence-electron chi connectivity index (χ4n) is 2.64. The first-order chi connectivity index (χ1) is 9.65. The average molecular weight is 278 g/mol. The molecule has 0 saturated heterocycles. The number of halogens is 1. The molecule has 110 valence electrons. The molecule has 0 unspecified atom stereocenters. The summed E-state index contributed by atoms with van der Waals surface area (Å²) in [7, 11) is 0. The maximum Gasteiger partial charge on any atom is 0.234 e. The molecule has 1 amide bonds. The quantitative estimate of drug-likeness (QED) is 0.869. The Hall–Kier alpha value is -1.42. The van der Waals surface area contributed by atoms with Crippen molar-refractivity contribution in [1.29, 1.82) is 0 Å². The molecule has 2 rings (SSSR count). The lowest BCUT2D eigenvalue weighted by atomic mass is 9.95. The molecule has 0 spiro atoms. The molecule has 0 radical (unpaired) electrons. The van der Waals surface area contributed by atoms with Crippen molar-refractivity contribution in [2.24, 2.45) is 0 Å². The maximum atomic E-state index is 12.8. The predicted octanol–water partition coefficient (Wildman–Crippen LogP) is 2.93. The molecule has 1 aliphatic rings. The summed E-state index contributed by atoms with van der Waals surface area (Å²) in [6.07, 6.45) is 5.90. The van der Waals surface area contributed by atoms with Crippen LogP contribution in [0.3, 0.4) is 0 Å². The molecule has 4 heteroatoms. The van der Waals surface area contributed by atoms with Gasteiger partial charge in [0.2, 0.25) is 5.91 Å². The van der Waals surface area contributed by atoms with Crippen molar-refractivity contribution in [3.8, 4) is 0 Å². The van der Waals surface area contributed by atoms with E-state index in [-0.39, 0.29) is 17.8 Å². The highest BCUT2D eigenvalue weighted by Crippen LogP contribution is 2.17. The van der Waals surface area contributed by atoms with E-state index in [1.54, 1.807) is 12.1 Å². The molecule has 0 bridgehead atoms. The monoisotopic (exact) mass is 278 g/mol. The highest BCUT2D eigenvalue weighted by molar-refractivity contribution is 5.78. The number of carbonyl (C=O) groups is 1. The standard InChI is InChI=1S/C16H23FN2O/c1-12(13-7-9-14(17)10-8-13)18-11-16(20)19-15-5-3-2-4-6-15/h7-10,12,15,18H,2-6,11H2,1H3,(H,19,20)/t12-/m1/s1. The van der Waals surface area contributed by atoms with E-state index in [9.17, 15) is 9.18 Å². The Morgan fingerprint density at radius 2 is 1.90 bits per heavy atom. The molecule has 0 aliphatic heterocycles. The minimum absolute atomic E-state index is 0.0349. The Labute approximate surface area is 120 Å². The maximum absolute atomic E-state index is 12.8. The number of hydrogen-bond donors (Lipinski definition) is 2. The zero-order valence-electron chi connectivity index (χ0n) is 12.0. The molecule has 2 N–H and O–H groups in total. The molecule has 1 fully saturated rings. The van der Waals surface area contributed by atoms with Crippen molar-refractivity contribution < 1.29 is 9.18 Å². The zero-order chi connectivity index (χ0) is 14.4. The molecule has 3 nitrogen and oxygen atoms in total. The van der Waals surface area contributed by atoms with Crippen molar-refractivity contribution in [3.63, 3.8) is 0 Å². The van der Waals surface area contributed by atoms with E-state index >= 15 is 0 Å². The van der Waals surface area contributed by atoms with Gasteiger partial charge < -0.3 is 10.6 Å². The van der Waals surface area contributed by atoms with Gasteiger partial charge in [0, 0.05) is 12.1 Å². The van der Waals surface area contributed by atoms with Crippen LogP contribution in [0.25, 0.3) is 0 Å². The van der Waals surface area contributed by atoms with E-state index in [1.807, 2.05) is 6.92 Å². The Morgan fingerprint density at radius 1 is 1.25 bits per heavy atom. The third-order valence-electron chi connectivity index (χ3n) is 3.91. The van der Waals surface area contributed by atoms with Crippen molar-refractivity contribution >= 4 is 5.91 Å². The van der Waals surface area contributed by atoms with E-state index in [0.717, 1.165) is 18.4 Å². The zero-order valence-corrected chi connectivity index (χ0v) is 12.0. The predicted molar refractivity (Wildman–Crippen MR) is 77.8 cm³/mol. The number of carbonyl (C=O) groups excluding carboxylic acids is 1. The first kappa shape index (κ1) is 15.0. The van der Waals surface area contributed by atoms with Crippen LogP contribution in [-0.2, 0) is 4.79 Å². The fourth-order valence-corrected chi connectivity index (χ4v) is 2.64. The molecule has 20 heavy (non-hydrogen) atoms. The molecular weight excluding hydrogens is 255 g/mol. The first-order valence-electron chi connectivity index (χ1n) is 7.43. The largest absolute Gasteiger partial charge is 0.352 e. The molecule has 1 aromatic carbocycles. The summed E-state index contributed by atoms with van der Waals surface area (Å²) in [5, 5.41) is 6.25. The Balaban J connectivity index is 1.73. The number of hydrogen-bond acceptors (Lipinski definition) is 2. The highest BCUT2D eigenvalue weighted by Gasteiger charge is 2.16. The highest BCUT2D eigenvalue weighted by atomic mass is 19.1. The van der Waals surface area contributed by atoms with Gasteiger partial charge in [0.1, 0.15) is 5.82 Å². The Kier molecular flexibility index (Phi) is 5.53. The average Bonchev–Trinajstić information content (AvgIpc) is 2.46. The van der Waals surface area contributed by atoms with Crippen LogP contribution in [-0.4, -0.2) is 18.5 Å². The summed E-state index contributed by atoms with van der Waals surface area (Å²) in [5.41, 5.74) is 0.983. The van der Waals surface area contributed by atoms with Gasteiger partial charge in [-0.2, -0.15) is 0 Å². The van der Waals surface area contributed by atoms with E-state index in [1.165, 1.54) is 31.4 Å². The van der Waals surface area contributed by atoms with Crippen molar-refractivity contribution in [3.05, 3.63) is 35.6 Å². The van der Waals surface area contributed by atoms with Gasteiger partial charge in [-0.1, -0.05) is 31.4 Å². The number of benzene rings is 1. The van der Waals surface area contributed by atoms with Crippen LogP contribution in [0.15, 0.2) is 24.3 Å². The van der Waals surface area contributed by atoms with Gasteiger partial charge in [-0.15, -0.1) is 0 Å². The molecule has 0 heterocycles. The van der Waals surface area contributed by atoms with Crippen LogP contribution >= 0.6 is 0 Å². The molecule has 1 aromatic rings. The molecule has 1 aliphatic carbocycles. The van der Waals surface area contributed by atoms with Gasteiger partial charge in [0.25, 0.3) is 0 Å². The molecule has 1 atom stereocenters. The normalized spacial score (nSPS) is 17.7. The van der Waals surface area contributed by atoms with Crippen LogP contribution in [0.4, 0.5) is 4.39 Å². The van der Waals surface area contributed by atoms with Gasteiger partial charge >= 0.3 is 0 Å². The topological polar surface area (TPSA) is 41.1 Å². The number of amides is 1. The van der Waals surface area contributed by atoms with Crippen molar-refractivity contribution in [2.45, 2.75) is 51.1 Å². The third-order valence-corrected chi connectivity index (χ3v) is 3.91. The van der Waals surface area contributed by atoms with E-state index in [4.69, 9.17) is 0 Å². The van der Waals surface area contributed by atoms with Gasteiger partial charge in [0.05, 0.1) is 6.54 Å². The second-order valence-corrected chi connectivity index (χ2v) is 5.56. The summed E-state index contributed by atoms with van der Waals surface area (Å²) in [5.74, 6) is -0.193. The second kappa shape index (κ2) is 7.39. The van der Waals surface area contributed by atoms with Crippen LogP contribution in [0.1, 0.15) is 50.6 Å². The number of rotatable bonds is 5. The van der Waals surface area contributed by atoms with Crippen LogP contribution in [0, 0.1) is 5.82 Å². The summed E-state index contributed by atoms with van der Waals surface area (Å²) in [6, 6.07) is 6.75. The van der Waals surface area contributed by atoms with E-state index < -0.39 is 0 Å². The van der Waals surface area contributed by atoms with Gasteiger partial charge in [-0.3, -0.25) is 4.79 Å². The fraction of sp³-hybridized carbons (Fsp3) is 0.562. The van der Waals surface area contributed by atoms with Gasteiger partial charge in [-0.25, -0.2) is 4.39 Å². The van der Waals surface area contributed by atoms with E-state index in [0.29, 0.717) is 12.6 Å². The Morgan fingerprint density at radius 3 is 2.55 bits per heavy atom. The summed E-state index contributed by atoms with van der Waals surface area (Å²) >= 11 is 0. The molecule has 0 aromatic heterocycles. The van der Waals surface area contributed by atoms with Gasteiger partial charge in [0.15, 0.2) is 0 Å². The minimum atomic E-state index is -0.240. The SMILES string of the molecule is C[C@@H](NCC(=O)NC1CCCCC1)c1ccc(F)cc1. The van der Waals surface area contributed by atoms with Crippen LogP contribution in [0.2, 0.25) is 0 Å². The number of nitrogens with one attached hydrogen (secondary N) is 2. The molecule has 1 saturated carbocycles. The van der Waals surface area contributed by atoms with Crippen molar-refractivity contribution in [1.82, 2.24) is 10.6 Å². The lowest BCUT2D eigenvalue weighted by molar-refractivity contribution is -0.121. The lowest BCUT2D eigenvalue weighted by Gasteiger charge is -2.23. The summed E-state index contributed by atoms with van der Waals surface area (Å²) in [6.45, 7) is 2.27. The summed E-state index contributed by atoms with van der Waals surface area (Å²) < 4.78 is 12.8. The lowest BCUT2D eigenvalue weighted by Crippen LogP contribution is -2.41.